The fourth-order valence-corrected chi connectivity index (χ4v) is 3.55. The number of carbonyl (C=O) groups is 1. The highest BCUT2D eigenvalue weighted by atomic mass is 16.2. The molecule has 2 fully saturated rings. The van der Waals surface area contributed by atoms with Gasteiger partial charge in [-0.2, -0.15) is 0 Å². The van der Waals surface area contributed by atoms with Crippen LogP contribution >= 0.6 is 0 Å². The number of hydrogen-bond donors (Lipinski definition) is 1. The Morgan fingerprint density at radius 3 is 2.80 bits per heavy atom. The number of nitrogens with zero attached hydrogens (tertiary/aromatic N) is 2. The van der Waals surface area contributed by atoms with Crippen molar-refractivity contribution in [1.29, 1.82) is 0 Å². The van der Waals surface area contributed by atoms with Crippen LogP contribution in [0.2, 0.25) is 0 Å². The van der Waals surface area contributed by atoms with Gasteiger partial charge in [-0.1, -0.05) is 12.8 Å². The van der Waals surface area contributed by atoms with Crippen molar-refractivity contribution < 1.29 is 4.79 Å². The van der Waals surface area contributed by atoms with E-state index in [2.05, 4.69) is 4.57 Å². The van der Waals surface area contributed by atoms with Gasteiger partial charge in [0.25, 0.3) is 5.91 Å². The number of nitrogens with two attached hydrogens (primary N) is 1. The van der Waals surface area contributed by atoms with E-state index in [9.17, 15) is 4.79 Å². The van der Waals surface area contributed by atoms with E-state index in [0.29, 0.717) is 24.5 Å². The van der Waals surface area contributed by atoms with Crippen molar-refractivity contribution >= 4 is 5.91 Å². The van der Waals surface area contributed by atoms with Gasteiger partial charge in [-0.3, -0.25) is 4.79 Å². The maximum absolute atomic E-state index is 12.8. The quantitative estimate of drug-likeness (QED) is 0.917. The molecule has 4 heteroatoms. The van der Waals surface area contributed by atoms with E-state index in [1.807, 2.05) is 30.3 Å². The summed E-state index contributed by atoms with van der Waals surface area (Å²) in [6.07, 6.45) is 9.15. The predicted octanol–water partition coefficient (Wildman–Crippen LogP) is 2.41. The SMILES string of the molecule is CN(C(=O)c1cccn1C1CC1)C1CCCCC1CN. The van der Waals surface area contributed by atoms with Crippen molar-refractivity contribution in [2.24, 2.45) is 11.7 Å². The van der Waals surface area contributed by atoms with Gasteiger partial charge >= 0.3 is 0 Å². The maximum atomic E-state index is 12.8. The van der Waals surface area contributed by atoms with Crippen LogP contribution in [0.4, 0.5) is 0 Å². The first-order valence-electron chi connectivity index (χ1n) is 7.86. The molecular weight excluding hydrogens is 250 g/mol. The Hall–Kier alpha value is -1.29. The highest BCUT2D eigenvalue weighted by Gasteiger charge is 2.33. The Kier molecular flexibility index (Phi) is 3.83. The summed E-state index contributed by atoms with van der Waals surface area (Å²) < 4.78 is 2.15. The third-order valence-corrected chi connectivity index (χ3v) is 4.93. The second-order valence-corrected chi connectivity index (χ2v) is 6.30. The molecule has 0 aliphatic heterocycles. The Bertz CT molecular complexity index is 478. The molecule has 0 saturated heterocycles. The second kappa shape index (κ2) is 5.60. The van der Waals surface area contributed by atoms with E-state index >= 15 is 0 Å². The van der Waals surface area contributed by atoms with Gasteiger partial charge in [0, 0.05) is 25.3 Å². The van der Waals surface area contributed by atoms with E-state index in [-0.39, 0.29) is 5.91 Å². The minimum absolute atomic E-state index is 0.159. The van der Waals surface area contributed by atoms with Crippen molar-refractivity contribution in [3.05, 3.63) is 24.0 Å². The fraction of sp³-hybridized carbons (Fsp3) is 0.688. The molecule has 0 aromatic carbocycles. The number of hydrogen-bond acceptors (Lipinski definition) is 2. The number of rotatable bonds is 4. The van der Waals surface area contributed by atoms with Gasteiger partial charge < -0.3 is 15.2 Å². The molecule has 1 aromatic heterocycles. The van der Waals surface area contributed by atoms with E-state index < -0.39 is 0 Å². The first-order valence-corrected chi connectivity index (χ1v) is 7.86. The molecule has 1 aromatic rings. The molecule has 2 unspecified atom stereocenters. The molecule has 110 valence electrons. The van der Waals surface area contributed by atoms with Gasteiger partial charge in [0.15, 0.2) is 0 Å². The van der Waals surface area contributed by atoms with Crippen LogP contribution in [0.3, 0.4) is 0 Å². The van der Waals surface area contributed by atoms with Gasteiger partial charge in [-0.15, -0.1) is 0 Å². The van der Waals surface area contributed by atoms with E-state index in [1.54, 1.807) is 0 Å². The summed E-state index contributed by atoms with van der Waals surface area (Å²) >= 11 is 0. The van der Waals surface area contributed by atoms with Gasteiger partial charge in [-0.25, -0.2) is 0 Å². The predicted molar refractivity (Wildman–Crippen MR) is 79.6 cm³/mol. The molecule has 2 aliphatic carbocycles. The van der Waals surface area contributed by atoms with Crippen molar-refractivity contribution in [2.45, 2.75) is 50.6 Å². The largest absolute Gasteiger partial charge is 0.340 e. The summed E-state index contributed by atoms with van der Waals surface area (Å²) in [6, 6.07) is 4.80. The van der Waals surface area contributed by atoms with Gasteiger partial charge in [0.05, 0.1) is 0 Å². The minimum Gasteiger partial charge on any atom is -0.340 e. The average Bonchev–Trinajstić information content (AvgIpc) is 3.22. The molecule has 1 amide bonds. The van der Waals surface area contributed by atoms with E-state index in [4.69, 9.17) is 5.73 Å². The summed E-state index contributed by atoms with van der Waals surface area (Å²) in [7, 11) is 1.95. The van der Waals surface area contributed by atoms with Crippen LogP contribution in [0.1, 0.15) is 55.1 Å². The topological polar surface area (TPSA) is 51.3 Å². The van der Waals surface area contributed by atoms with Crippen LogP contribution in [0.15, 0.2) is 18.3 Å². The van der Waals surface area contributed by atoms with Crippen LogP contribution in [0.25, 0.3) is 0 Å². The van der Waals surface area contributed by atoms with E-state index in [0.717, 1.165) is 18.5 Å². The molecule has 2 saturated carbocycles. The normalized spacial score (nSPS) is 26.5. The lowest BCUT2D eigenvalue weighted by molar-refractivity contribution is 0.0609. The third-order valence-electron chi connectivity index (χ3n) is 4.93. The van der Waals surface area contributed by atoms with Crippen LogP contribution in [-0.4, -0.2) is 35.0 Å². The number of carbonyl (C=O) groups excluding carboxylic acids is 1. The minimum atomic E-state index is 0.159. The molecule has 0 spiro atoms. The Morgan fingerprint density at radius 1 is 1.35 bits per heavy atom. The zero-order valence-corrected chi connectivity index (χ0v) is 12.3. The molecule has 4 nitrogen and oxygen atoms in total. The zero-order valence-electron chi connectivity index (χ0n) is 12.3. The molecule has 2 aliphatic rings. The zero-order chi connectivity index (χ0) is 14.1. The monoisotopic (exact) mass is 275 g/mol. The number of amides is 1. The maximum Gasteiger partial charge on any atom is 0.270 e. The molecule has 2 N–H and O–H groups in total. The van der Waals surface area contributed by atoms with E-state index in [1.165, 1.54) is 25.7 Å². The lowest BCUT2D eigenvalue weighted by Crippen LogP contribution is -2.46. The van der Waals surface area contributed by atoms with Crippen molar-refractivity contribution in [3.63, 3.8) is 0 Å². The molecule has 2 atom stereocenters. The smallest absolute Gasteiger partial charge is 0.270 e. The molecule has 1 heterocycles. The van der Waals surface area contributed by atoms with Gasteiger partial charge in [-0.05, 0) is 50.3 Å². The number of aromatic nitrogens is 1. The van der Waals surface area contributed by atoms with Crippen molar-refractivity contribution in [2.75, 3.05) is 13.6 Å². The summed E-state index contributed by atoms with van der Waals surface area (Å²) in [5.41, 5.74) is 6.74. The van der Waals surface area contributed by atoms with Crippen LogP contribution in [0, 0.1) is 5.92 Å². The first kappa shape index (κ1) is 13.7. The average molecular weight is 275 g/mol. The van der Waals surface area contributed by atoms with Crippen LogP contribution in [0.5, 0.6) is 0 Å². The Balaban J connectivity index is 1.76. The second-order valence-electron chi connectivity index (χ2n) is 6.30. The summed E-state index contributed by atoms with van der Waals surface area (Å²) in [5, 5.41) is 0. The Labute approximate surface area is 120 Å². The van der Waals surface area contributed by atoms with Crippen LogP contribution in [-0.2, 0) is 0 Å². The standard InChI is InChI=1S/C16H25N3O/c1-18(14-6-3-2-5-12(14)11-17)16(20)15-7-4-10-19(15)13-8-9-13/h4,7,10,12-14H,2-3,5-6,8-9,11,17H2,1H3. The Morgan fingerprint density at radius 2 is 2.10 bits per heavy atom. The lowest BCUT2D eigenvalue weighted by Gasteiger charge is -2.37. The highest BCUT2D eigenvalue weighted by Crippen LogP contribution is 2.36. The lowest BCUT2D eigenvalue weighted by atomic mass is 9.83. The third kappa shape index (κ3) is 2.49. The van der Waals surface area contributed by atoms with Crippen molar-refractivity contribution in [1.82, 2.24) is 9.47 Å². The van der Waals surface area contributed by atoms with Crippen molar-refractivity contribution in [3.8, 4) is 0 Å². The molecule has 0 bridgehead atoms. The van der Waals surface area contributed by atoms with Gasteiger partial charge in [0.2, 0.25) is 0 Å². The van der Waals surface area contributed by atoms with Gasteiger partial charge in [0.1, 0.15) is 5.69 Å². The molecular formula is C16H25N3O. The highest BCUT2D eigenvalue weighted by molar-refractivity contribution is 5.93. The first-order chi connectivity index (χ1) is 9.72. The van der Waals surface area contributed by atoms with Crippen LogP contribution < -0.4 is 5.73 Å². The summed E-state index contributed by atoms with van der Waals surface area (Å²) in [6.45, 7) is 0.686. The molecule has 3 rings (SSSR count). The molecule has 0 radical (unpaired) electrons. The molecule has 20 heavy (non-hydrogen) atoms. The summed E-state index contributed by atoms with van der Waals surface area (Å²) in [5.74, 6) is 0.620. The fourth-order valence-electron chi connectivity index (χ4n) is 3.55. The summed E-state index contributed by atoms with van der Waals surface area (Å²) in [4.78, 5) is 14.7.